The number of hydrogen-bond donors (Lipinski definition) is 10. The van der Waals surface area contributed by atoms with Gasteiger partial charge in [-0.1, -0.05) is 30.3 Å². The standard InChI is InChI=1S/C52H74N10O19.Ga.2H2O/c1-33(43(68)24-36(22-38-27-53-32-55-38)50(77)57-40(30-65)44(69)25-35(21-34-5-3-2-4-6-34)49(76)58-41(31-66)51(78)79)56-48(75)37(26-46(71)72)23-39(67)28-54-45(70)8-7-42(52(80)81)62-15-13-60(18-20-64)10-9-59(17-19-63)11-12-61(14-16-62)29-47(73)74;;;/h2-6,19-20,27,32-33,35-37,40-42,65-66H,7-18,21-26,28-31H2,1H3,(H,53,55)(H,54,70)(H,56,75)(H,57,77)(H,58,76)(H,71,72)(H,73,74)(H,78,79)(H,80,81);;2*1H2/q;+3;;/p-3/t33-,35+,36+,37-,40-,41-,42?;;;/m0.../s1. The second-order valence-corrected chi connectivity index (χ2v) is 19.6. The molecule has 31 nitrogen and oxygen atoms in total. The van der Waals surface area contributed by atoms with Crippen LogP contribution in [0.15, 0.2) is 42.9 Å². The van der Waals surface area contributed by atoms with E-state index in [9.17, 15) is 93.0 Å². The van der Waals surface area contributed by atoms with Gasteiger partial charge in [0.25, 0.3) is 0 Å². The summed E-state index contributed by atoms with van der Waals surface area (Å²) >= 11 is 0. The number of hydrogen-bond acceptors (Lipinski definition) is 23. The summed E-state index contributed by atoms with van der Waals surface area (Å²) in [5, 5.41) is 70.0. The van der Waals surface area contributed by atoms with Crippen molar-refractivity contribution in [1.29, 1.82) is 0 Å². The van der Waals surface area contributed by atoms with Gasteiger partial charge < -0.3 is 82.2 Å². The first-order valence-corrected chi connectivity index (χ1v) is 26.2. The van der Waals surface area contributed by atoms with Crippen molar-refractivity contribution in [2.75, 3.05) is 91.8 Å². The maximum Gasteiger partial charge on any atom is 3.00 e. The van der Waals surface area contributed by atoms with Crippen molar-refractivity contribution in [3.63, 3.8) is 0 Å². The van der Waals surface area contributed by atoms with Crippen LogP contribution >= 0.6 is 0 Å². The molecular weight excluding hydrogens is 1170 g/mol. The fourth-order valence-corrected chi connectivity index (χ4v) is 8.90. The van der Waals surface area contributed by atoms with E-state index in [1.54, 1.807) is 40.1 Å². The van der Waals surface area contributed by atoms with Crippen molar-refractivity contribution in [3.8, 4) is 0 Å². The van der Waals surface area contributed by atoms with Crippen LogP contribution in [0.2, 0.25) is 0 Å². The van der Waals surface area contributed by atoms with Gasteiger partial charge in [-0.15, -0.1) is 0 Å². The number of aromatic nitrogens is 2. The topological polar surface area (TPSA) is 496 Å². The molecule has 0 spiro atoms. The zero-order valence-electron chi connectivity index (χ0n) is 46.5. The largest absolute Gasteiger partial charge is 3.00 e. The Morgan fingerprint density at radius 3 is 1.70 bits per heavy atom. The van der Waals surface area contributed by atoms with Gasteiger partial charge in [0, 0.05) is 109 Å². The minimum absolute atomic E-state index is 0. The molecular formula is C52H75GaN10O21. The van der Waals surface area contributed by atoms with Crippen LogP contribution in [0, 0.1) is 17.8 Å². The number of nitrogens with zero attached hydrogens (tertiary/aromatic N) is 5. The van der Waals surface area contributed by atoms with Crippen LogP contribution in [0.4, 0.5) is 0 Å². The Balaban J connectivity index is 0.0000230. The predicted octanol–water partition coefficient (Wildman–Crippen LogP) is -6.08. The normalized spacial score (nSPS) is 16.1. The van der Waals surface area contributed by atoms with Gasteiger partial charge in [0.15, 0.2) is 17.3 Å². The van der Waals surface area contributed by atoms with E-state index in [1.165, 1.54) is 29.2 Å². The number of imidazole rings is 1. The Labute approximate surface area is 496 Å². The van der Waals surface area contributed by atoms with Crippen molar-refractivity contribution >= 4 is 97.2 Å². The number of H-pyrrole nitrogens is 1. The van der Waals surface area contributed by atoms with E-state index in [0.717, 1.165) is 0 Å². The number of carboxylic acids is 4. The fourth-order valence-electron chi connectivity index (χ4n) is 8.90. The monoisotopic (exact) mass is 1240 g/mol. The number of carbonyl (C=O) groups excluding carboxylic acids is 10. The van der Waals surface area contributed by atoms with E-state index in [0.29, 0.717) is 43.5 Å². The Morgan fingerprint density at radius 2 is 1.19 bits per heavy atom. The molecule has 1 aromatic heterocycles. The molecule has 84 heavy (non-hydrogen) atoms. The molecule has 0 bridgehead atoms. The van der Waals surface area contributed by atoms with Crippen LogP contribution in [-0.4, -0.2) is 279 Å². The van der Waals surface area contributed by atoms with Gasteiger partial charge in [0.2, 0.25) is 23.6 Å². The SMILES string of the molecule is C[C@H](NC(=O)[C@H](CC(=O)O)CC(=O)CNC(=O)CCC(C(=O)O)N1CCN(CC=O)CCN(CC=O)CCN(CC(=O)[O-])CC1)C(=O)C[C@@H](Cc1cnc[nH]1)C(=O)N[C@@H](CO)C(=O)C[C@@H](Cc1ccccc1)C(=O)N[C@@H](CO)C(=O)O.[Ga+3].[OH-].[OH-]. The van der Waals surface area contributed by atoms with Crippen molar-refractivity contribution < 1.29 is 104 Å². The quantitative estimate of drug-likeness (QED) is 0.0224. The van der Waals surface area contributed by atoms with Crippen LogP contribution in [0.5, 0.6) is 0 Å². The number of amides is 4. The molecule has 1 unspecified atom stereocenters. The number of aliphatic hydroxyl groups is 2. The molecule has 3 rings (SSSR count). The smallest absolute Gasteiger partial charge is 0.870 e. The zero-order chi connectivity index (χ0) is 60.0. The third-order valence-electron chi connectivity index (χ3n) is 13.5. The van der Waals surface area contributed by atoms with E-state index in [-0.39, 0.29) is 95.8 Å². The first-order valence-electron chi connectivity index (χ1n) is 26.2. The zero-order valence-corrected chi connectivity index (χ0v) is 48.9. The molecule has 0 saturated carbocycles. The average molecular weight is 1250 g/mol. The van der Waals surface area contributed by atoms with E-state index < -0.39 is 165 Å². The molecule has 2 heterocycles. The van der Waals surface area contributed by atoms with Gasteiger partial charge in [-0.05, 0) is 25.3 Å². The summed E-state index contributed by atoms with van der Waals surface area (Å²) < 4.78 is 0. The number of ketones is 3. The molecule has 7 atom stereocenters. The molecule has 1 fully saturated rings. The average Bonchev–Trinajstić information content (AvgIpc) is 4.00. The number of rotatable bonds is 36. The molecule has 1 saturated heterocycles. The first kappa shape index (κ1) is 76.9. The molecule has 1 aromatic carbocycles. The Morgan fingerprint density at radius 1 is 0.667 bits per heavy atom. The number of aliphatic hydroxyl groups excluding tert-OH is 2. The summed E-state index contributed by atoms with van der Waals surface area (Å²) in [6.07, 6.45) is 0.251. The molecule has 0 radical (unpaired) electrons. The van der Waals surface area contributed by atoms with Crippen LogP contribution in [0.1, 0.15) is 56.7 Å². The second-order valence-electron chi connectivity index (χ2n) is 19.6. The fraction of sp³-hybridized carbons (Fsp3) is 0.577. The van der Waals surface area contributed by atoms with E-state index in [1.807, 2.05) is 0 Å². The number of aromatic amines is 1. The summed E-state index contributed by atoms with van der Waals surface area (Å²) in [6, 6.07) is 2.35. The summed E-state index contributed by atoms with van der Waals surface area (Å²) in [4.78, 5) is 178. The third-order valence-corrected chi connectivity index (χ3v) is 13.5. The van der Waals surface area contributed by atoms with Gasteiger partial charge in [0.1, 0.15) is 30.7 Å². The number of nitrogens with one attached hydrogen (secondary N) is 5. The Bertz CT molecular complexity index is 2460. The number of Topliss-reactive ketones (excluding diaryl/α,β-unsaturated/α-hetero) is 3. The minimum Gasteiger partial charge on any atom is -0.870 e. The summed E-state index contributed by atoms with van der Waals surface area (Å²) in [5.74, 6) is -15.8. The van der Waals surface area contributed by atoms with E-state index >= 15 is 0 Å². The number of carbonyl (C=O) groups is 13. The molecule has 32 heteroatoms. The van der Waals surface area contributed by atoms with Gasteiger partial charge >= 0.3 is 37.7 Å². The summed E-state index contributed by atoms with van der Waals surface area (Å²) in [5.41, 5.74) is 0.946. The van der Waals surface area contributed by atoms with Crippen molar-refractivity contribution in [2.24, 2.45) is 17.8 Å². The third kappa shape index (κ3) is 28.4. The minimum atomic E-state index is -1.69. The number of aldehydes is 2. The van der Waals surface area contributed by atoms with Gasteiger partial charge in [-0.25, -0.2) is 9.78 Å². The van der Waals surface area contributed by atoms with Gasteiger partial charge in [0.05, 0.1) is 69.4 Å². The Kier molecular flexibility index (Phi) is 37.5. The molecule has 2 aromatic rings. The maximum atomic E-state index is 13.9. The number of carboxylic acid groups (broad SMARTS) is 4. The van der Waals surface area contributed by atoms with Crippen molar-refractivity contribution in [2.45, 2.75) is 82.5 Å². The second kappa shape index (κ2) is 41.0. The van der Waals surface area contributed by atoms with Crippen LogP contribution in [-0.2, 0) is 75.2 Å². The van der Waals surface area contributed by atoms with Crippen LogP contribution in [0.3, 0.4) is 0 Å². The van der Waals surface area contributed by atoms with Crippen LogP contribution < -0.4 is 26.4 Å². The molecule has 4 amide bonds. The molecule has 1 aliphatic heterocycles. The Hall–Kier alpha value is -7.14. The van der Waals surface area contributed by atoms with Gasteiger partial charge in [-0.3, -0.25) is 62.8 Å². The van der Waals surface area contributed by atoms with Gasteiger partial charge in [-0.2, -0.15) is 0 Å². The van der Waals surface area contributed by atoms with E-state index in [4.69, 9.17) is 0 Å². The molecule has 12 N–H and O–H groups in total. The first-order chi connectivity index (χ1) is 38.6. The molecule has 1 aliphatic rings. The summed E-state index contributed by atoms with van der Waals surface area (Å²) in [6.45, 7) is -0.234. The molecule has 0 aliphatic carbocycles. The van der Waals surface area contributed by atoms with Crippen molar-refractivity contribution in [3.05, 3.63) is 54.1 Å². The number of aliphatic carboxylic acids is 4. The maximum absolute atomic E-state index is 13.9. The molecule has 462 valence electrons. The van der Waals surface area contributed by atoms with Crippen molar-refractivity contribution in [1.82, 2.24) is 50.8 Å². The predicted molar refractivity (Wildman–Crippen MR) is 289 cm³/mol. The summed E-state index contributed by atoms with van der Waals surface area (Å²) in [7, 11) is 0. The van der Waals surface area contributed by atoms with E-state index in [2.05, 4.69) is 31.2 Å². The number of benzene rings is 1. The van der Waals surface area contributed by atoms with Crippen LogP contribution in [0.25, 0.3) is 0 Å².